The van der Waals surface area contributed by atoms with Crippen LogP contribution in [0, 0.1) is 5.92 Å². The maximum atomic E-state index is 12.0. The van der Waals surface area contributed by atoms with E-state index in [0.717, 1.165) is 43.7 Å². The molecule has 3 aromatic carbocycles. The number of fused-ring (bicyclic) bond motifs is 3. The van der Waals surface area contributed by atoms with Gasteiger partial charge in [0.2, 0.25) is 0 Å². The number of sulfone groups is 1. The van der Waals surface area contributed by atoms with Crippen LogP contribution in [0.5, 0.6) is 5.75 Å². The highest BCUT2D eigenvalue weighted by Gasteiger charge is 2.45. The summed E-state index contributed by atoms with van der Waals surface area (Å²) in [7, 11) is -2.97. The van der Waals surface area contributed by atoms with Gasteiger partial charge in [-0.15, -0.1) is 0 Å². The van der Waals surface area contributed by atoms with Crippen LogP contribution in [-0.2, 0) is 38.8 Å². The highest BCUT2D eigenvalue weighted by molar-refractivity contribution is 7.90. The molecule has 39 heavy (non-hydrogen) atoms. The highest BCUT2D eigenvalue weighted by Crippen LogP contribution is 2.48. The molecule has 5 rings (SSSR count). The van der Waals surface area contributed by atoms with Crippen molar-refractivity contribution in [2.24, 2.45) is 5.92 Å². The largest absolute Gasteiger partial charge is 0.494 e. The Bertz CT molecular complexity index is 1430. The fourth-order valence-corrected chi connectivity index (χ4v) is 6.08. The second kappa shape index (κ2) is 11.8. The third-order valence-electron chi connectivity index (χ3n) is 7.58. The summed E-state index contributed by atoms with van der Waals surface area (Å²) < 4.78 is 33.7. The number of anilines is 1. The molecular formula is C32H37NO5S. The van der Waals surface area contributed by atoms with Gasteiger partial charge in [-0.05, 0) is 109 Å². The van der Waals surface area contributed by atoms with E-state index in [1.807, 2.05) is 13.0 Å². The number of hydrogen-bond acceptors (Lipinski definition) is 6. The number of esters is 1. The fraction of sp³-hybridized carbons (Fsp3) is 0.406. The van der Waals surface area contributed by atoms with Gasteiger partial charge in [-0.1, -0.05) is 30.3 Å². The Hall–Kier alpha value is -3.32. The predicted octanol–water partition coefficient (Wildman–Crippen LogP) is 5.93. The minimum atomic E-state index is -2.97. The van der Waals surface area contributed by atoms with Crippen molar-refractivity contribution in [1.29, 1.82) is 0 Å². The van der Waals surface area contributed by atoms with E-state index in [-0.39, 0.29) is 23.6 Å². The fourth-order valence-electron chi connectivity index (χ4n) is 5.44. The second-order valence-corrected chi connectivity index (χ2v) is 12.9. The van der Waals surface area contributed by atoms with Gasteiger partial charge in [0.05, 0.1) is 24.9 Å². The molecule has 206 valence electrons. The third kappa shape index (κ3) is 7.01. The molecule has 1 saturated carbocycles. The summed E-state index contributed by atoms with van der Waals surface area (Å²) in [5.74, 6) is 1.15. The van der Waals surface area contributed by atoms with Crippen LogP contribution < -0.4 is 10.1 Å². The zero-order chi connectivity index (χ0) is 27.4. The molecule has 0 aliphatic heterocycles. The first-order valence-electron chi connectivity index (χ1n) is 13.9. The molecule has 0 bridgehead atoms. The van der Waals surface area contributed by atoms with Crippen LogP contribution in [0.15, 0.2) is 60.7 Å². The van der Waals surface area contributed by atoms with Gasteiger partial charge in [0, 0.05) is 18.5 Å². The molecule has 2 aliphatic rings. The van der Waals surface area contributed by atoms with E-state index >= 15 is 0 Å². The van der Waals surface area contributed by atoms with Gasteiger partial charge >= 0.3 is 5.97 Å². The summed E-state index contributed by atoms with van der Waals surface area (Å²) in [4.78, 5) is 12.0. The van der Waals surface area contributed by atoms with Crippen LogP contribution in [0.3, 0.4) is 0 Å². The molecule has 0 amide bonds. The van der Waals surface area contributed by atoms with Crippen LogP contribution in [0.4, 0.5) is 5.69 Å². The molecule has 0 spiro atoms. The minimum absolute atomic E-state index is 0.00809. The molecular weight excluding hydrogens is 510 g/mol. The highest BCUT2D eigenvalue weighted by atomic mass is 32.2. The van der Waals surface area contributed by atoms with Crippen molar-refractivity contribution in [1.82, 2.24) is 0 Å². The first-order chi connectivity index (χ1) is 18.8. The second-order valence-electron chi connectivity index (χ2n) is 10.7. The van der Waals surface area contributed by atoms with E-state index in [2.05, 4.69) is 59.9 Å². The molecule has 0 unspecified atom stereocenters. The van der Waals surface area contributed by atoms with Gasteiger partial charge in [0.25, 0.3) is 0 Å². The van der Waals surface area contributed by atoms with Crippen molar-refractivity contribution in [3.8, 4) is 16.9 Å². The smallest absolute Gasteiger partial charge is 0.309 e. The van der Waals surface area contributed by atoms with E-state index in [4.69, 9.17) is 9.47 Å². The van der Waals surface area contributed by atoms with E-state index in [0.29, 0.717) is 19.6 Å². The molecule has 0 aromatic heterocycles. The van der Waals surface area contributed by atoms with Crippen molar-refractivity contribution >= 4 is 21.5 Å². The van der Waals surface area contributed by atoms with Crippen molar-refractivity contribution in [3.05, 3.63) is 82.9 Å². The van der Waals surface area contributed by atoms with Crippen LogP contribution in [0.2, 0.25) is 0 Å². The number of benzene rings is 3. The third-order valence-corrected chi connectivity index (χ3v) is 8.61. The Morgan fingerprint density at radius 3 is 2.54 bits per heavy atom. The summed E-state index contributed by atoms with van der Waals surface area (Å²) >= 11 is 0. The van der Waals surface area contributed by atoms with E-state index in [1.165, 1.54) is 39.6 Å². The normalized spacial score (nSPS) is 17.9. The standard InChI is InChI=1S/C32H37NO5S/c1-3-37-32(34)31-20-30(31)24-10-12-26(13-11-24)33-21-22-8-9-23-6-4-7-25-19-27(14-15-28(25)29(23)18-22)38-16-5-17-39(2,35)36/h8-15,18-19,30-31,33H,3-7,16-17,20-21H2,1-2H3/t30-,31+/m1/s1. The average Bonchev–Trinajstić information content (AvgIpc) is 3.73. The maximum Gasteiger partial charge on any atom is 0.309 e. The zero-order valence-corrected chi connectivity index (χ0v) is 23.6. The summed E-state index contributed by atoms with van der Waals surface area (Å²) in [6.07, 6.45) is 5.73. The molecule has 0 heterocycles. The number of aryl methyl sites for hydroxylation is 2. The SMILES string of the molecule is CCOC(=O)[C@H]1C[C@@H]1c1ccc(NCc2ccc3c(c2)-c2ccc(OCCCS(C)(=O)=O)cc2CCC3)cc1. The lowest BCUT2D eigenvalue weighted by Crippen LogP contribution is -2.08. The minimum Gasteiger partial charge on any atom is -0.494 e. The van der Waals surface area contributed by atoms with Gasteiger partial charge in [-0.2, -0.15) is 0 Å². The Kier molecular flexibility index (Phi) is 8.26. The monoisotopic (exact) mass is 547 g/mol. The lowest BCUT2D eigenvalue weighted by Gasteiger charge is -2.14. The number of ether oxygens (including phenoxy) is 2. The Morgan fingerprint density at radius 2 is 1.77 bits per heavy atom. The quantitative estimate of drug-likeness (QED) is 0.237. The topological polar surface area (TPSA) is 81.7 Å². The van der Waals surface area contributed by atoms with Crippen molar-refractivity contribution in [2.75, 3.05) is 30.5 Å². The van der Waals surface area contributed by atoms with Crippen molar-refractivity contribution in [3.63, 3.8) is 0 Å². The summed E-state index contributed by atoms with van der Waals surface area (Å²) in [5.41, 5.74) is 8.63. The number of rotatable bonds is 11. The van der Waals surface area contributed by atoms with Crippen LogP contribution in [0.1, 0.15) is 54.4 Å². The van der Waals surface area contributed by atoms with Crippen LogP contribution in [-0.4, -0.2) is 39.6 Å². The molecule has 2 aliphatic carbocycles. The van der Waals surface area contributed by atoms with Gasteiger partial charge in [-0.25, -0.2) is 8.42 Å². The Balaban J connectivity index is 1.22. The van der Waals surface area contributed by atoms with Crippen molar-refractivity contribution < 1.29 is 22.7 Å². The van der Waals surface area contributed by atoms with E-state index < -0.39 is 9.84 Å². The molecule has 2 atom stereocenters. The van der Waals surface area contributed by atoms with Crippen molar-refractivity contribution in [2.45, 2.75) is 51.5 Å². The number of nitrogens with one attached hydrogen (secondary N) is 1. The Morgan fingerprint density at radius 1 is 0.974 bits per heavy atom. The Labute approximate surface area is 231 Å². The number of hydrogen-bond donors (Lipinski definition) is 1. The molecule has 3 aromatic rings. The molecule has 1 N–H and O–H groups in total. The number of carbonyl (C=O) groups is 1. The summed E-state index contributed by atoms with van der Waals surface area (Å²) in [5, 5.41) is 3.54. The van der Waals surface area contributed by atoms with Crippen LogP contribution in [0.25, 0.3) is 11.1 Å². The molecule has 7 heteroatoms. The first-order valence-corrected chi connectivity index (χ1v) is 15.9. The summed E-state index contributed by atoms with van der Waals surface area (Å²) in [6, 6.07) is 21.4. The predicted molar refractivity (Wildman–Crippen MR) is 155 cm³/mol. The lowest BCUT2D eigenvalue weighted by atomic mass is 9.94. The van der Waals surface area contributed by atoms with E-state index in [9.17, 15) is 13.2 Å². The first kappa shape index (κ1) is 27.3. The summed E-state index contributed by atoms with van der Waals surface area (Å²) in [6.45, 7) is 3.40. The molecule has 6 nitrogen and oxygen atoms in total. The van der Waals surface area contributed by atoms with E-state index in [1.54, 1.807) is 0 Å². The maximum absolute atomic E-state index is 12.0. The molecule has 1 fully saturated rings. The van der Waals surface area contributed by atoms with Gasteiger partial charge < -0.3 is 14.8 Å². The molecule has 0 saturated heterocycles. The lowest BCUT2D eigenvalue weighted by molar-refractivity contribution is -0.144. The van der Waals surface area contributed by atoms with Gasteiger partial charge in [0.15, 0.2) is 0 Å². The zero-order valence-electron chi connectivity index (χ0n) is 22.7. The average molecular weight is 548 g/mol. The number of carbonyl (C=O) groups excluding carboxylic acids is 1. The van der Waals surface area contributed by atoms with Gasteiger partial charge in [-0.3, -0.25) is 4.79 Å². The molecule has 0 radical (unpaired) electrons. The van der Waals surface area contributed by atoms with Crippen LogP contribution >= 0.6 is 0 Å². The van der Waals surface area contributed by atoms with Gasteiger partial charge in [0.1, 0.15) is 15.6 Å².